The first-order valence-electron chi connectivity index (χ1n) is 10.9. The fraction of sp³-hybridized carbons (Fsp3) is 0.619. The first kappa shape index (κ1) is 24.7. The summed E-state index contributed by atoms with van der Waals surface area (Å²) in [4.78, 5) is 23.8. The van der Waals surface area contributed by atoms with E-state index in [0.29, 0.717) is 44.3 Å². The van der Waals surface area contributed by atoms with E-state index < -0.39 is 0 Å². The van der Waals surface area contributed by atoms with Crippen molar-refractivity contribution >= 4 is 46.2 Å². The van der Waals surface area contributed by atoms with Crippen LogP contribution in [0.2, 0.25) is 0 Å². The quantitative estimate of drug-likeness (QED) is 0.195. The van der Waals surface area contributed by atoms with Crippen molar-refractivity contribution in [3.63, 3.8) is 0 Å². The number of ether oxygens (including phenoxy) is 1. The smallest absolute Gasteiger partial charge is 0.315 e. The molecule has 2 aliphatic heterocycles. The molecule has 3 rings (SSSR count). The maximum absolute atomic E-state index is 12.4. The third-order valence-electron chi connectivity index (χ3n) is 5.70. The van der Waals surface area contributed by atoms with Crippen LogP contribution in [0.4, 0.5) is 4.79 Å². The molecule has 10 heteroatoms. The second-order valence-corrected chi connectivity index (χ2v) is 10.9. The number of urea groups is 1. The molecule has 5 unspecified atom stereocenters. The Morgan fingerprint density at radius 3 is 2.94 bits per heavy atom. The highest BCUT2D eigenvalue weighted by molar-refractivity contribution is 8.06. The van der Waals surface area contributed by atoms with E-state index in [0.717, 1.165) is 42.6 Å². The lowest BCUT2D eigenvalue weighted by Gasteiger charge is -2.16. The molecular formula is C21H34N4O3P2S. The van der Waals surface area contributed by atoms with Gasteiger partial charge in [-0.25, -0.2) is 4.79 Å². The predicted molar refractivity (Wildman–Crippen MR) is 134 cm³/mol. The molecule has 2 aliphatic rings. The topological polar surface area (TPSA) is 91.5 Å². The van der Waals surface area contributed by atoms with Crippen LogP contribution in [0.5, 0.6) is 0 Å². The van der Waals surface area contributed by atoms with Gasteiger partial charge in [-0.3, -0.25) is 4.79 Å². The number of carbonyl (C=O) groups excluding carboxylic acids is 2. The molecule has 4 N–H and O–H groups in total. The number of hydrogen-bond acceptors (Lipinski definition) is 5. The summed E-state index contributed by atoms with van der Waals surface area (Å²) in [6, 6.07) is 6.41. The first-order valence-corrected chi connectivity index (χ1v) is 14.7. The van der Waals surface area contributed by atoms with Crippen molar-refractivity contribution in [2.75, 3.05) is 32.5 Å². The minimum atomic E-state index is -0.0314. The summed E-state index contributed by atoms with van der Waals surface area (Å²) in [7, 11) is 4.97. The summed E-state index contributed by atoms with van der Waals surface area (Å²) >= 11 is 1.98. The van der Waals surface area contributed by atoms with Gasteiger partial charge in [0.25, 0.3) is 5.91 Å². The minimum Gasteiger partial charge on any atom is -0.380 e. The second-order valence-electron chi connectivity index (χ2n) is 7.93. The molecule has 0 saturated carbocycles. The first-order chi connectivity index (χ1) is 15.1. The van der Waals surface area contributed by atoms with Crippen LogP contribution >= 0.6 is 29.0 Å². The standard InChI is InChI=1S/C21H34N4O3P2S/c1-28-12-15-7-6-14(11-17(15)30-29)20(26)23-10-9-22-8-4-2-3-5-18-19-16(13-31-18)24-21(27)25-19/h6-7,11,16,18-19,22,30H,2-5,8-10,12-13,29H2,1H3,(H,23,26)(H2,24,25,27). The molecule has 0 bridgehead atoms. The monoisotopic (exact) mass is 484 g/mol. The Kier molecular flexibility index (Phi) is 10.3. The van der Waals surface area contributed by atoms with Gasteiger partial charge in [0, 0.05) is 36.8 Å². The molecule has 2 fully saturated rings. The van der Waals surface area contributed by atoms with Crippen LogP contribution in [-0.2, 0) is 11.3 Å². The van der Waals surface area contributed by atoms with Crippen LogP contribution in [0.3, 0.4) is 0 Å². The molecule has 0 radical (unpaired) electrons. The number of methoxy groups -OCH3 is 1. The van der Waals surface area contributed by atoms with Gasteiger partial charge in [0.1, 0.15) is 0 Å². The number of hydrogen-bond donors (Lipinski definition) is 4. The van der Waals surface area contributed by atoms with Gasteiger partial charge in [-0.2, -0.15) is 11.8 Å². The Hall–Kier alpha value is -0.910. The number of rotatable bonds is 13. The van der Waals surface area contributed by atoms with E-state index in [1.807, 2.05) is 30.0 Å². The maximum Gasteiger partial charge on any atom is 0.315 e. The average Bonchev–Trinajstić information content (AvgIpc) is 3.32. The van der Waals surface area contributed by atoms with Crippen LogP contribution in [0.15, 0.2) is 18.2 Å². The molecule has 31 heavy (non-hydrogen) atoms. The predicted octanol–water partition coefficient (Wildman–Crippen LogP) is 1.97. The number of thioether (sulfide) groups is 1. The maximum atomic E-state index is 12.4. The normalized spacial score (nSPS) is 22.5. The Morgan fingerprint density at radius 1 is 1.26 bits per heavy atom. The minimum absolute atomic E-state index is 0.00937. The number of carbonyl (C=O) groups is 2. The third-order valence-corrected chi connectivity index (χ3v) is 8.91. The van der Waals surface area contributed by atoms with Crippen LogP contribution in [-0.4, -0.2) is 61.8 Å². The average molecular weight is 485 g/mol. The van der Waals surface area contributed by atoms with Crippen molar-refractivity contribution in [1.29, 1.82) is 0 Å². The van der Waals surface area contributed by atoms with Gasteiger partial charge in [-0.1, -0.05) is 27.2 Å². The van der Waals surface area contributed by atoms with Gasteiger partial charge in [-0.05, 0) is 42.4 Å². The van der Waals surface area contributed by atoms with Crippen molar-refractivity contribution in [2.24, 2.45) is 0 Å². The summed E-state index contributed by atoms with van der Waals surface area (Å²) in [5.74, 6) is 0.994. The second kappa shape index (κ2) is 13.0. The molecule has 1 aromatic rings. The van der Waals surface area contributed by atoms with Gasteiger partial charge < -0.3 is 26.0 Å². The number of amides is 3. The highest BCUT2D eigenvalue weighted by atomic mass is 32.2. The van der Waals surface area contributed by atoms with E-state index in [1.54, 1.807) is 7.11 Å². The Bertz CT molecular complexity index is 755. The van der Waals surface area contributed by atoms with E-state index in [2.05, 4.69) is 30.2 Å². The SMILES string of the molecule is COCc1ccc(C(=O)NCCNCCCCCC2SCC3NC(=O)NC32)cc1PP. The highest BCUT2D eigenvalue weighted by Crippen LogP contribution is 2.33. The molecule has 172 valence electrons. The van der Waals surface area contributed by atoms with Crippen molar-refractivity contribution in [3.8, 4) is 0 Å². The molecule has 1 aromatic carbocycles. The van der Waals surface area contributed by atoms with E-state index in [9.17, 15) is 9.59 Å². The van der Waals surface area contributed by atoms with Crippen LogP contribution in [0.1, 0.15) is 41.6 Å². The van der Waals surface area contributed by atoms with Gasteiger partial charge in [0.15, 0.2) is 0 Å². The van der Waals surface area contributed by atoms with Gasteiger partial charge in [-0.15, -0.1) is 8.93 Å². The van der Waals surface area contributed by atoms with E-state index in [1.165, 1.54) is 12.8 Å². The van der Waals surface area contributed by atoms with Crippen LogP contribution in [0, 0.1) is 0 Å². The van der Waals surface area contributed by atoms with Crippen LogP contribution < -0.4 is 26.6 Å². The molecule has 2 saturated heterocycles. The zero-order valence-electron chi connectivity index (χ0n) is 18.0. The van der Waals surface area contributed by atoms with E-state index >= 15 is 0 Å². The van der Waals surface area contributed by atoms with E-state index in [-0.39, 0.29) is 11.9 Å². The number of nitrogens with one attached hydrogen (secondary N) is 4. The molecule has 0 aromatic heterocycles. The highest BCUT2D eigenvalue weighted by Gasteiger charge is 2.42. The summed E-state index contributed by atoms with van der Waals surface area (Å²) in [6.45, 7) is 2.91. The molecule has 5 atom stereocenters. The summed E-state index contributed by atoms with van der Waals surface area (Å²) in [5, 5.41) is 14.1. The van der Waals surface area contributed by atoms with Gasteiger partial charge in [0.2, 0.25) is 0 Å². The zero-order chi connectivity index (χ0) is 22.1. The van der Waals surface area contributed by atoms with Crippen molar-refractivity contribution in [2.45, 2.75) is 49.6 Å². The van der Waals surface area contributed by atoms with Crippen LogP contribution in [0.25, 0.3) is 0 Å². The van der Waals surface area contributed by atoms with Gasteiger partial charge in [0.05, 0.1) is 18.7 Å². The van der Waals surface area contributed by atoms with Gasteiger partial charge >= 0.3 is 6.03 Å². The summed E-state index contributed by atoms with van der Waals surface area (Å²) in [6.07, 6.45) is 4.66. The lowest BCUT2D eigenvalue weighted by molar-refractivity contribution is 0.0954. The Morgan fingerprint density at radius 2 is 2.13 bits per heavy atom. The van der Waals surface area contributed by atoms with Crippen molar-refractivity contribution in [3.05, 3.63) is 29.3 Å². The van der Waals surface area contributed by atoms with E-state index in [4.69, 9.17) is 4.74 Å². The molecule has 0 spiro atoms. The van der Waals surface area contributed by atoms with Crippen molar-refractivity contribution < 1.29 is 14.3 Å². The third kappa shape index (κ3) is 7.30. The fourth-order valence-electron chi connectivity index (χ4n) is 4.04. The molecule has 0 aliphatic carbocycles. The number of fused-ring (bicyclic) bond motifs is 1. The molecule has 2 heterocycles. The fourth-order valence-corrected chi connectivity index (χ4v) is 6.97. The Balaban J connectivity index is 1.22. The molecule has 3 amide bonds. The number of benzene rings is 1. The lowest BCUT2D eigenvalue weighted by atomic mass is 10.0. The molecular weight excluding hydrogens is 450 g/mol. The molecule has 7 nitrogen and oxygen atoms in total. The Labute approximate surface area is 193 Å². The summed E-state index contributed by atoms with van der Waals surface area (Å²) < 4.78 is 5.21. The lowest BCUT2D eigenvalue weighted by Crippen LogP contribution is -2.36. The largest absolute Gasteiger partial charge is 0.380 e. The summed E-state index contributed by atoms with van der Waals surface area (Å²) in [5.41, 5.74) is 1.83. The zero-order valence-corrected chi connectivity index (χ0v) is 21.0. The van der Waals surface area contributed by atoms with Crippen molar-refractivity contribution in [1.82, 2.24) is 21.3 Å². The number of unbranched alkanes of at least 4 members (excludes halogenated alkanes) is 2.